The molecule has 0 saturated heterocycles. The molecule has 1 aromatic heterocycles. The molecule has 3 aromatic carbocycles. The highest BCUT2D eigenvalue weighted by molar-refractivity contribution is 7.07. The first-order chi connectivity index (χ1) is 21.2. The molecule has 0 bridgehead atoms. The van der Waals surface area contributed by atoms with Crippen LogP contribution in [0.4, 0.5) is 0 Å². The van der Waals surface area contributed by atoms with Gasteiger partial charge in [-0.1, -0.05) is 64.9 Å². The number of hydrogen-bond acceptors (Lipinski definition) is 8. The summed E-state index contributed by atoms with van der Waals surface area (Å²) in [5, 5.41) is 0.877. The van der Waals surface area contributed by atoms with E-state index in [4.69, 9.17) is 42.1 Å². The maximum Gasteiger partial charge on any atom is 0.338 e. The zero-order valence-corrected chi connectivity index (χ0v) is 26.9. The second kappa shape index (κ2) is 13.7. The van der Waals surface area contributed by atoms with Gasteiger partial charge in [-0.25, -0.2) is 9.79 Å². The topological polar surface area (TPSA) is 88.4 Å². The summed E-state index contributed by atoms with van der Waals surface area (Å²) in [5.74, 6) is 1.12. The molecule has 228 valence electrons. The van der Waals surface area contributed by atoms with E-state index in [0.29, 0.717) is 60.1 Å². The Morgan fingerprint density at radius 3 is 2.48 bits per heavy atom. The molecule has 1 aliphatic rings. The summed E-state index contributed by atoms with van der Waals surface area (Å²) < 4.78 is 24.7. The minimum Gasteiger partial charge on any atom is -0.494 e. The first-order valence-corrected chi connectivity index (χ1v) is 15.5. The molecule has 0 unspecified atom stereocenters. The maximum absolute atomic E-state index is 14.1. The van der Waals surface area contributed by atoms with Crippen molar-refractivity contribution in [2.75, 3.05) is 20.3 Å². The van der Waals surface area contributed by atoms with Crippen LogP contribution in [0.5, 0.6) is 17.2 Å². The van der Waals surface area contributed by atoms with Crippen LogP contribution < -0.4 is 29.1 Å². The molecule has 0 radical (unpaired) electrons. The lowest BCUT2D eigenvalue weighted by molar-refractivity contribution is -0.139. The standard InChI is InChI=1S/C33H30Cl2N2O6S/c1-5-41-23-13-11-21(12-14-23)29-28(32(39)42-6-2)19(3)36-33-37(29)31(38)27(44-33)17-22-8-7-9-26(40-4)30(22)43-18-20-10-15-24(34)25(35)16-20/h7-17,29H,5-6,18H2,1-4H3/b27-17-/t29-/m1/s1. The average molecular weight is 654 g/mol. The van der Waals surface area contributed by atoms with Crippen LogP contribution in [0.25, 0.3) is 6.08 Å². The molecule has 0 fully saturated rings. The number of carbonyl (C=O) groups is 1. The van der Waals surface area contributed by atoms with Crippen molar-refractivity contribution in [2.24, 2.45) is 4.99 Å². The molecule has 0 saturated carbocycles. The van der Waals surface area contributed by atoms with Crippen LogP contribution in [-0.4, -0.2) is 30.9 Å². The van der Waals surface area contributed by atoms with Gasteiger partial charge in [0.15, 0.2) is 16.3 Å². The first kappa shape index (κ1) is 31.4. The minimum atomic E-state index is -0.737. The molecule has 0 aliphatic carbocycles. The number of rotatable bonds is 10. The third kappa shape index (κ3) is 6.40. The summed E-state index contributed by atoms with van der Waals surface area (Å²) in [5.41, 5.74) is 2.66. The number of carbonyl (C=O) groups excluding carboxylic acids is 1. The summed E-state index contributed by atoms with van der Waals surface area (Å²) in [6.07, 6.45) is 1.75. The normalized spacial score (nSPS) is 14.6. The fourth-order valence-electron chi connectivity index (χ4n) is 4.91. The number of ether oxygens (including phenoxy) is 4. The van der Waals surface area contributed by atoms with E-state index in [1.165, 1.54) is 11.3 Å². The number of hydrogen-bond donors (Lipinski definition) is 0. The number of fused-ring (bicyclic) bond motifs is 1. The molecule has 0 N–H and O–H groups in total. The second-order valence-electron chi connectivity index (χ2n) is 9.72. The van der Waals surface area contributed by atoms with E-state index in [1.54, 1.807) is 49.8 Å². The van der Waals surface area contributed by atoms with Crippen molar-refractivity contribution in [2.45, 2.75) is 33.4 Å². The van der Waals surface area contributed by atoms with Gasteiger partial charge in [0.25, 0.3) is 5.56 Å². The van der Waals surface area contributed by atoms with Crippen LogP contribution in [0.3, 0.4) is 0 Å². The highest BCUT2D eigenvalue weighted by Gasteiger charge is 2.33. The average Bonchev–Trinajstić information content (AvgIpc) is 3.31. The second-order valence-corrected chi connectivity index (χ2v) is 11.5. The van der Waals surface area contributed by atoms with Crippen LogP contribution in [0.15, 0.2) is 81.7 Å². The van der Waals surface area contributed by atoms with Gasteiger partial charge in [-0.05, 0) is 68.3 Å². The number of esters is 1. The molecule has 2 heterocycles. The van der Waals surface area contributed by atoms with Gasteiger partial charge in [-0.2, -0.15) is 0 Å². The van der Waals surface area contributed by atoms with Gasteiger partial charge < -0.3 is 18.9 Å². The Labute approximate surface area is 268 Å². The van der Waals surface area contributed by atoms with Crippen LogP contribution in [0.1, 0.15) is 43.5 Å². The highest BCUT2D eigenvalue weighted by Crippen LogP contribution is 2.34. The summed E-state index contributed by atoms with van der Waals surface area (Å²) in [6.45, 7) is 6.30. The van der Waals surface area contributed by atoms with E-state index >= 15 is 0 Å². The van der Waals surface area contributed by atoms with Crippen molar-refractivity contribution in [3.05, 3.63) is 118 Å². The maximum atomic E-state index is 14.1. The number of allylic oxidation sites excluding steroid dienone is 1. The molecule has 0 amide bonds. The van der Waals surface area contributed by atoms with Gasteiger partial charge in [0.1, 0.15) is 12.4 Å². The zero-order valence-electron chi connectivity index (χ0n) is 24.6. The third-order valence-electron chi connectivity index (χ3n) is 6.91. The monoisotopic (exact) mass is 652 g/mol. The lowest BCUT2D eigenvalue weighted by atomic mass is 9.96. The van der Waals surface area contributed by atoms with Gasteiger partial charge in [0.05, 0.1) is 52.2 Å². The minimum absolute atomic E-state index is 0.191. The van der Waals surface area contributed by atoms with Crippen molar-refractivity contribution in [1.82, 2.24) is 4.57 Å². The summed E-state index contributed by atoms with van der Waals surface area (Å²) in [7, 11) is 1.55. The molecule has 11 heteroatoms. The van der Waals surface area contributed by atoms with Crippen molar-refractivity contribution in [3.63, 3.8) is 0 Å². The Bertz CT molecular complexity index is 1910. The van der Waals surface area contributed by atoms with Gasteiger partial charge in [0.2, 0.25) is 0 Å². The number of aromatic nitrogens is 1. The molecule has 5 rings (SSSR count). The number of benzene rings is 3. The molecule has 4 aromatic rings. The van der Waals surface area contributed by atoms with Crippen LogP contribution in [-0.2, 0) is 16.1 Å². The Hall–Kier alpha value is -4.05. The number of nitrogens with zero attached hydrogens (tertiary/aromatic N) is 2. The Kier molecular flexibility index (Phi) is 9.78. The predicted octanol–water partition coefficient (Wildman–Crippen LogP) is 6.09. The first-order valence-electron chi connectivity index (χ1n) is 13.9. The van der Waals surface area contributed by atoms with Gasteiger partial charge in [0, 0.05) is 5.56 Å². The summed E-state index contributed by atoms with van der Waals surface area (Å²) in [6, 6.07) is 17.3. The molecule has 1 aliphatic heterocycles. The van der Waals surface area contributed by atoms with Crippen LogP contribution >= 0.6 is 34.5 Å². The number of thiazole rings is 1. The number of methoxy groups -OCH3 is 1. The van der Waals surface area contributed by atoms with E-state index in [9.17, 15) is 9.59 Å². The van der Waals surface area contributed by atoms with E-state index in [2.05, 4.69) is 4.99 Å². The molecule has 1 atom stereocenters. The van der Waals surface area contributed by atoms with Crippen molar-refractivity contribution in [1.29, 1.82) is 0 Å². The Balaban J connectivity index is 1.61. The van der Waals surface area contributed by atoms with Gasteiger partial charge in [-0.15, -0.1) is 0 Å². The number of para-hydroxylation sites is 1. The molecule has 44 heavy (non-hydrogen) atoms. The predicted molar refractivity (Wildman–Crippen MR) is 172 cm³/mol. The Morgan fingerprint density at radius 2 is 1.80 bits per heavy atom. The van der Waals surface area contributed by atoms with Crippen molar-refractivity contribution < 1.29 is 23.7 Å². The Morgan fingerprint density at radius 1 is 1.02 bits per heavy atom. The van der Waals surface area contributed by atoms with Crippen LogP contribution in [0.2, 0.25) is 10.0 Å². The SMILES string of the molecule is CCOC(=O)C1=C(C)N=c2s/c(=C\c3cccc(OC)c3OCc3ccc(Cl)c(Cl)c3)c(=O)n2[C@@H]1c1ccc(OCC)cc1. The van der Waals surface area contributed by atoms with Gasteiger partial charge in [-0.3, -0.25) is 9.36 Å². The zero-order chi connectivity index (χ0) is 31.4. The third-order valence-corrected chi connectivity index (χ3v) is 8.63. The fraction of sp³-hybridized carbons (Fsp3) is 0.242. The number of halogens is 2. The summed E-state index contributed by atoms with van der Waals surface area (Å²) in [4.78, 5) is 32.4. The van der Waals surface area contributed by atoms with E-state index in [1.807, 2.05) is 49.4 Å². The molecular weight excluding hydrogens is 623 g/mol. The lowest BCUT2D eigenvalue weighted by Gasteiger charge is -2.24. The van der Waals surface area contributed by atoms with Crippen molar-refractivity contribution >= 4 is 46.6 Å². The van der Waals surface area contributed by atoms with E-state index in [0.717, 1.165) is 11.1 Å². The molecule has 0 spiro atoms. The molecular formula is C33H30Cl2N2O6S. The smallest absolute Gasteiger partial charge is 0.338 e. The lowest BCUT2D eigenvalue weighted by Crippen LogP contribution is -2.39. The fourth-order valence-corrected chi connectivity index (χ4v) is 6.27. The highest BCUT2D eigenvalue weighted by atomic mass is 35.5. The summed E-state index contributed by atoms with van der Waals surface area (Å²) >= 11 is 13.5. The quantitative estimate of drug-likeness (QED) is 0.193. The largest absolute Gasteiger partial charge is 0.494 e. The van der Waals surface area contributed by atoms with Crippen LogP contribution in [0, 0.1) is 0 Å². The van der Waals surface area contributed by atoms with Gasteiger partial charge >= 0.3 is 5.97 Å². The molecule has 8 nitrogen and oxygen atoms in total. The van der Waals surface area contributed by atoms with E-state index in [-0.39, 0.29) is 18.8 Å². The van der Waals surface area contributed by atoms with E-state index < -0.39 is 12.0 Å². The van der Waals surface area contributed by atoms with Crippen molar-refractivity contribution in [3.8, 4) is 17.2 Å².